The van der Waals surface area contributed by atoms with E-state index in [2.05, 4.69) is 0 Å². The highest BCUT2D eigenvalue weighted by atomic mass is 19.2. The van der Waals surface area contributed by atoms with E-state index >= 15 is 0 Å². The Morgan fingerprint density at radius 2 is 1.61 bits per heavy atom. The topological polar surface area (TPSA) is 26.0 Å². The summed E-state index contributed by atoms with van der Waals surface area (Å²) in [5.74, 6) is -2.28. The normalized spacial score (nSPS) is 14.2. The van der Waals surface area contributed by atoms with Gasteiger partial charge in [0, 0.05) is 12.1 Å². The Labute approximate surface area is 103 Å². The van der Waals surface area contributed by atoms with E-state index in [4.69, 9.17) is 5.73 Å². The van der Waals surface area contributed by atoms with Gasteiger partial charge in [-0.15, -0.1) is 0 Å². The Bertz CT molecular complexity index is 542. The molecule has 2 aromatic rings. The zero-order valence-electron chi connectivity index (χ0n) is 9.54. The second kappa shape index (κ2) is 4.82. The molecule has 1 unspecified atom stereocenters. The monoisotopic (exact) mass is 251 g/mol. The minimum atomic E-state index is -2.23. The van der Waals surface area contributed by atoms with Crippen LogP contribution in [0.15, 0.2) is 48.5 Å². The van der Waals surface area contributed by atoms with Crippen molar-refractivity contribution in [2.75, 3.05) is 6.54 Å². The number of hydrogen-bond acceptors (Lipinski definition) is 1. The molecule has 0 saturated heterocycles. The highest BCUT2D eigenvalue weighted by molar-refractivity contribution is 5.37. The van der Waals surface area contributed by atoms with Crippen LogP contribution in [-0.4, -0.2) is 6.54 Å². The van der Waals surface area contributed by atoms with Crippen LogP contribution >= 0.6 is 0 Å². The highest BCUT2D eigenvalue weighted by Crippen LogP contribution is 2.35. The lowest BCUT2D eigenvalue weighted by Crippen LogP contribution is -2.32. The second-order valence-electron chi connectivity index (χ2n) is 3.97. The summed E-state index contributed by atoms with van der Waals surface area (Å²) >= 11 is 0. The molecule has 0 aliphatic carbocycles. The van der Waals surface area contributed by atoms with E-state index in [9.17, 15) is 13.2 Å². The lowest BCUT2D eigenvalue weighted by Gasteiger charge is -2.25. The van der Waals surface area contributed by atoms with Gasteiger partial charge < -0.3 is 5.73 Å². The van der Waals surface area contributed by atoms with Crippen LogP contribution in [0.5, 0.6) is 0 Å². The molecule has 1 atom stereocenters. The van der Waals surface area contributed by atoms with E-state index in [0.29, 0.717) is 0 Å². The first-order valence-electron chi connectivity index (χ1n) is 5.48. The summed E-state index contributed by atoms with van der Waals surface area (Å²) in [6, 6.07) is 11.4. The smallest absolute Gasteiger partial charge is 0.176 e. The van der Waals surface area contributed by atoms with Gasteiger partial charge in [-0.1, -0.05) is 42.5 Å². The predicted molar refractivity (Wildman–Crippen MR) is 63.7 cm³/mol. The fourth-order valence-corrected chi connectivity index (χ4v) is 1.90. The van der Waals surface area contributed by atoms with Gasteiger partial charge in [0.15, 0.2) is 17.3 Å². The first-order chi connectivity index (χ1) is 8.59. The van der Waals surface area contributed by atoms with Crippen molar-refractivity contribution in [3.63, 3.8) is 0 Å². The fourth-order valence-electron chi connectivity index (χ4n) is 1.90. The molecule has 0 bridgehead atoms. The Morgan fingerprint density at radius 1 is 0.944 bits per heavy atom. The molecule has 94 valence electrons. The lowest BCUT2D eigenvalue weighted by atomic mass is 9.88. The van der Waals surface area contributed by atoms with Crippen LogP contribution in [0.3, 0.4) is 0 Å². The predicted octanol–water partition coefficient (Wildman–Crippen LogP) is 3.14. The molecule has 0 heterocycles. The van der Waals surface area contributed by atoms with Gasteiger partial charge in [0.1, 0.15) is 0 Å². The van der Waals surface area contributed by atoms with Crippen molar-refractivity contribution in [2.45, 2.75) is 5.67 Å². The lowest BCUT2D eigenvalue weighted by molar-refractivity contribution is 0.222. The minimum Gasteiger partial charge on any atom is -0.327 e. The number of alkyl halides is 1. The SMILES string of the molecule is NCC(F)(c1ccccc1)c1cccc(F)c1F. The largest absolute Gasteiger partial charge is 0.327 e. The molecule has 0 aliphatic rings. The molecule has 0 amide bonds. The average Bonchev–Trinajstić information content (AvgIpc) is 2.42. The summed E-state index contributed by atoms with van der Waals surface area (Å²) in [7, 11) is 0. The van der Waals surface area contributed by atoms with Crippen molar-refractivity contribution >= 4 is 0 Å². The molecule has 0 saturated carbocycles. The van der Waals surface area contributed by atoms with Gasteiger partial charge in [-0.05, 0) is 11.6 Å². The van der Waals surface area contributed by atoms with Crippen LogP contribution < -0.4 is 5.73 Å². The summed E-state index contributed by atoms with van der Waals surface area (Å²) < 4.78 is 41.8. The standard InChI is InChI=1S/C14H12F3N/c15-12-8-4-7-11(13(12)16)14(17,9-18)10-5-2-1-3-6-10/h1-8H,9,18H2. The Morgan fingerprint density at radius 3 is 2.22 bits per heavy atom. The third-order valence-electron chi connectivity index (χ3n) is 2.89. The maximum absolute atomic E-state index is 14.9. The molecular weight excluding hydrogens is 239 g/mol. The van der Waals surface area contributed by atoms with Gasteiger partial charge >= 0.3 is 0 Å². The summed E-state index contributed by atoms with van der Waals surface area (Å²) in [4.78, 5) is 0. The quantitative estimate of drug-likeness (QED) is 0.891. The molecule has 4 heteroatoms. The van der Waals surface area contributed by atoms with Gasteiger partial charge in [-0.2, -0.15) is 0 Å². The van der Waals surface area contributed by atoms with Crippen molar-refractivity contribution in [1.29, 1.82) is 0 Å². The van der Waals surface area contributed by atoms with E-state index in [1.165, 1.54) is 24.3 Å². The van der Waals surface area contributed by atoms with Gasteiger partial charge in [-0.3, -0.25) is 0 Å². The zero-order chi connectivity index (χ0) is 13.2. The van der Waals surface area contributed by atoms with Crippen LogP contribution in [0, 0.1) is 11.6 Å². The molecular formula is C14H12F3N. The van der Waals surface area contributed by atoms with E-state index < -0.39 is 23.8 Å². The van der Waals surface area contributed by atoms with Crippen LogP contribution in [0.1, 0.15) is 11.1 Å². The van der Waals surface area contributed by atoms with E-state index in [1.54, 1.807) is 18.2 Å². The van der Waals surface area contributed by atoms with Gasteiger partial charge in [0.2, 0.25) is 0 Å². The molecule has 0 radical (unpaired) electrons. The number of nitrogens with two attached hydrogens (primary N) is 1. The Hall–Kier alpha value is -1.81. The number of hydrogen-bond donors (Lipinski definition) is 1. The van der Waals surface area contributed by atoms with Crippen molar-refractivity contribution in [2.24, 2.45) is 5.73 Å². The first kappa shape index (κ1) is 12.6. The second-order valence-corrected chi connectivity index (χ2v) is 3.97. The summed E-state index contributed by atoms with van der Waals surface area (Å²) in [5.41, 5.74) is 3.02. The Balaban J connectivity index is 2.61. The van der Waals surface area contributed by atoms with E-state index in [1.807, 2.05) is 0 Å². The van der Waals surface area contributed by atoms with Crippen LogP contribution in [0.2, 0.25) is 0 Å². The average molecular weight is 251 g/mol. The summed E-state index contributed by atoms with van der Waals surface area (Å²) in [6.07, 6.45) is 0. The maximum atomic E-state index is 14.9. The van der Waals surface area contributed by atoms with Crippen LogP contribution in [0.4, 0.5) is 13.2 Å². The fraction of sp³-hybridized carbons (Fsp3) is 0.143. The van der Waals surface area contributed by atoms with E-state index in [0.717, 1.165) is 6.07 Å². The van der Waals surface area contributed by atoms with Crippen molar-refractivity contribution < 1.29 is 13.2 Å². The van der Waals surface area contributed by atoms with Crippen molar-refractivity contribution in [3.05, 3.63) is 71.3 Å². The maximum Gasteiger partial charge on any atom is 0.176 e. The van der Waals surface area contributed by atoms with Crippen molar-refractivity contribution in [1.82, 2.24) is 0 Å². The molecule has 0 fully saturated rings. The summed E-state index contributed by atoms with van der Waals surface area (Å²) in [6.45, 7) is -0.461. The number of rotatable bonds is 3. The highest BCUT2D eigenvalue weighted by Gasteiger charge is 2.36. The molecule has 0 spiro atoms. The molecule has 0 aliphatic heterocycles. The van der Waals surface area contributed by atoms with Gasteiger partial charge in [-0.25, -0.2) is 13.2 Å². The molecule has 2 aromatic carbocycles. The van der Waals surface area contributed by atoms with Crippen LogP contribution in [0.25, 0.3) is 0 Å². The number of halogens is 3. The third kappa shape index (κ3) is 1.99. The molecule has 2 N–H and O–H groups in total. The first-order valence-corrected chi connectivity index (χ1v) is 5.48. The number of benzene rings is 2. The summed E-state index contributed by atoms with van der Waals surface area (Å²) in [5, 5.41) is 0. The minimum absolute atomic E-state index is 0.206. The molecule has 2 rings (SSSR count). The Kier molecular flexibility index (Phi) is 3.39. The zero-order valence-corrected chi connectivity index (χ0v) is 9.54. The van der Waals surface area contributed by atoms with Crippen LogP contribution in [-0.2, 0) is 5.67 Å². The third-order valence-corrected chi connectivity index (χ3v) is 2.89. The van der Waals surface area contributed by atoms with E-state index in [-0.39, 0.29) is 11.1 Å². The molecule has 0 aromatic heterocycles. The van der Waals surface area contributed by atoms with Crippen molar-refractivity contribution in [3.8, 4) is 0 Å². The molecule has 1 nitrogen and oxygen atoms in total. The van der Waals surface area contributed by atoms with Gasteiger partial charge in [0.25, 0.3) is 0 Å². The molecule has 18 heavy (non-hydrogen) atoms. The van der Waals surface area contributed by atoms with Gasteiger partial charge in [0.05, 0.1) is 0 Å².